The fraction of sp³-hybridized carbons (Fsp3) is 0.432. The first-order valence-corrected chi connectivity index (χ1v) is 26.0. The second-order valence-corrected chi connectivity index (χ2v) is 20.9. The zero-order chi connectivity index (χ0) is 54.5. The Morgan fingerprint density at radius 1 is 1.03 bits per heavy atom. The van der Waals surface area contributed by atoms with Gasteiger partial charge in [-0.2, -0.15) is 49.6 Å². The van der Waals surface area contributed by atoms with Crippen LogP contribution in [-0.2, 0) is 73.9 Å². The zero-order valence-electron chi connectivity index (χ0n) is 39.2. The number of carbonyl (C=O) groups is 2. The highest BCUT2D eigenvalue weighted by Gasteiger charge is 2.54. The summed E-state index contributed by atoms with van der Waals surface area (Å²) in [5, 5.41) is 9.39. The van der Waals surface area contributed by atoms with Crippen LogP contribution in [0.1, 0.15) is 74.1 Å². The fourth-order valence-electron chi connectivity index (χ4n) is 7.44. The molecule has 15 nitrogen and oxygen atoms in total. The Morgan fingerprint density at radius 2 is 1.67 bits per heavy atom. The Bertz CT molecular complexity index is 2940. The van der Waals surface area contributed by atoms with Crippen molar-refractivity contribution in [3.8, 4) is 23.0 Å². The number of alkyl halides is 8. The average molecular weight is 1120 g/mol. The maximum Gasteiger partial charge on any atom is 0.435 e. The van der Waals surface area contributed by atoms with Crippen LogP contribution in [0.15, 0.2) is 42.5 Å². The Hall–Kier alpha value is -5.23. The number of hydrogen-bond acceptors (Lipinski definition) is 11. The number of nitrogens with one attached hydrogen (secondary N) is 1. The molecule has 73 heavy (non-hydrogen) atoms. The zero-order valence-corrected chi connectivity index (χ0v) is 42.5. The van der Waals surface area contributed by atoms with E-state index in [9.17, 15) is 61.9 Å². The molecule has 0 saturated heterocycles. The lowest BCUT2D eigenvalue weighted by atomic mass is 9.94. The van der Waals surface area contributed by atoms with Crippen LogP contribution in [0.25, 0.3) is 22.0 Å². The number of anilines is 1. The van der Waals surface area contributed by atoms with Gasteiger partial charge in [-0.1, -0.05) is 30.5 Å². The quantitative estimate of drug-likeness (QED) is 0.0281. The van der Waals surface area contributed by atoms with E-state index in [2.05, 4.69) is 36.9 Å². The number of ether oxygens (including phenoxy) is 1. The summed E-state index contributed by atoms with van der Waals surface area (Å²) in [6.07, 6.45) is -8.65. The number of carbonyl (C=O) groups excluding carboxylic acids is 2. The third kappa shape index (κ3) is 14.1. The van der Waals surface area contributed by atoms with Crippen LogP contribution in [0.3, 0.4) is 0 Å². The smallest absolute Gasteiger partial charge is 0.435 e. The average Bonchev–Trinajstić information content (AvgIpc) is 3.91. The van der Waals surface area contributed by atoms with Crippen LogP contribution in [-0.4, -0.2) is 91.9 Å². The predicted octanol–water partition coefficient (Wildman–Crippen LogP) is 9.19. The summed E-state index contributed by atoms with van der Waals surface area (Å²) in [5.74, 6) is -1.05. The molecule has 398 valence electrons. The number of halogens is 11. The van der Waals surface area contributed by atoms with Crippen molar-refractivity contribution < 1.29 is 81.0 Å². The van der Waals surface area contributed by atoms with Crippen molar-refractivity contribution in [1.29, 1.82) is 0 Å². The van der Waals surface area contributed by atoms with E-state index in [1.54, 1.807) is 13.8 Å². The van der Waals surface area contributed by atoms with E-state index in [0.717, 1.165) is 23.1 Å². The molecule has 5 aromatic rings. The van der Waals surface area contributed by atoms with Gasteiger partial charge in [0.05, 0.1) is 40.9 Å². The van der Waals surface area contributed by atoms with E-state index in [1.165, 1.54) is 44.4 Å². The van der Waals surface area contributed by atoms with E-state index in [4.69, 9.17) is 26.1 Å². The first-order chi connectivity index (χ1) is 33.9. The number of pyridine rings is 1. The predicted molar refractivity (Wildman–Crippen MR) is 251 cm³/mol. The van der Waals surface area contributed by atoms with Gasteiger partial charge in [-0.05, 0) is 75.4 Å². The summed E-state index contributed by atoms with van der Waals surface area (Å²) in [6.45, 7) is 3.66. The largest absolute Gasteiger partial charge is 0.448 e. The maximum atomic E-state index is 14.3. The van der Waals surface area contributed by atoms with Gasteiger partial charge in [0, 0.05) is 65.0 Å². The highest BCUT2D eigenvalue weighted by Crippen LogP contribution is 2.49. The third-order valence-electron chi connectivity index (χ3n) is 10.9. The Labute approximate surface area is 421 Å². The molecule has 3 unspecified atom stereocenters. The van der Waals surface area contributed by atoms with E-state index >= 15 is 0 Å². The first kappa shape index (κ1) is 58.7. The molecule has 0 spiro atoms. The third-order valence-corrected chi connectivity index (χ3v) is 14.0. The van der Waals surface area contributed by atoms with Crippen molar-refractivity contribution in [2.45, 2.75) is 89.1 Å². The van der Waals surface area contributed by atoms with Crippen LogP contribution in [0.2, 0.25) is 5.02 Å². The maximum absolute atomic E-state index is 14.3. The number of nitrogens with zero attached hydrogens (tertiary/aromatic N) is 6. The summed E-state index contributed by atoms with van der Waals surface area (Å²) in [7, 11) is -6.38. The lowest BCUT2D eigenvalue weighted by Crippen LogP contribution is -2.34. The van der Waals surface area contributed by atoms with Crippen molar-refractivity contribution in [2.75, 3.05) is 30.0 Å². The Kier molecular flexibility index (Phi) is 18.9. The van der Waals surface area contributed by atoms with Crippen molar-refractivity contribution in [1.82, 2.24) is 29.9 Å². The molecule has 2 amide bonds. The van der Waals surface area contributed by atoms with E-state index in [0.29, 0.717) is 21.5 Å². The van der Waals surface area contributed by atoms with Gasteiger partial charge in [-0.3, -0.25) is 18.4 Å². The fourth-order valence-corrected chi connectivity index (χ4v) is 8.80. The topological polar surface area (TPSA) is 191 Å². The minimum Gasteiger partial charge on any atom is -0.448 e. The van der Waals surface area contributed by atoms with Gasteiger partial charge in [-0.25, -0.2) is 22.8 Å². The summed E-state index contributed by atoms with van der Waals surface area (Å²) in [5.41, 5.74) is -2.22. The van der Waals surface area contributed by atoms with Gasteiger partial charge < -0.3 is 24.4 Å². The van der Waals surface area contributed by atoms with E-state index < -0.39 is 107 Å². The lowest BCUT2D eigenvalue weighted by Gasteiger charge is -2.21. The number of hydrogen-bond donors (Lipinski definition) is 3. The Balaban J connectivity index is 0.000000487. The van der Waals surface area contributed by atoms with E-state index in [-0.39, 0.29) is 88.6 Å². The molecule has 0 fully saturated rings. The van der Waals surface area contributed by atoms with Gasteiger partial charge >= 0.3 is 27.0 Å². The molecule has 3 N–H and O–H groups in total. The van der Waals surface area contributed by atoms with Crippen LogP contribution in [0, 0.1) is 29.4 Å². The van der Waals surface area contributed by atoms with Gasteiger partial charge in [-0.15, -0.1) is 0 Å². The summed E-state index contributed by atoms with van der Waals surface area (Å²) in [6, 6.07) is 6.97. The molecule has 6 rings (SSSR count). The number of rotatable bonds is 16. The molecule has 3 heterocycles. The van der Waals surface area contributed by atoms with Crippen molar-refractivity contribution in [3.05, 3.63) is 93.0 Å². The summed E-state index contributed by atoms with van der Waals surface area (Å²) < 4.78 is 172. The molecule has 0 bridgehead atoms. The molecular weight excluding hydrogens is 1080 g/mol. The number of fused-ring (bicyclic) bond motifs is 2. The monoisotopic (exact) mass is 1120 g/mol. The minimum atomic E-state index is -4.90. The van der Waals surface area contributed by atoms with Gasteiger partial charge in [0.2, 0.25) is 6.41 Å². The molecule has 1 aliphatic rings. The summed E-state index contributed by atoms with van der Waals surface area (Å²) >= 11 is 6.60. The molecule has 1 aliphatic carbocycles. The van der Waals surface area contributed by atoms with Crippen molar-refractivity contribution in [3.63, 3.8) is 0 Å². The number of aryl methyl sites for hydroxylation is 1. The molecule has 0 radical (unpaired) electrons. The first-order valence-electron chi connectivity index (χ1n) is 21.4. The molecule has 0 saturated carbocycles. The normalized spacial score (nSPS) is 15.7. The second-order valence-electron chi connectivity index (χ2n) is 16.6. The van der Waals surface area contributed by atoms with Gasteiger partial charge in [0.25, 0.3) is 5.92 Å². The molecule has 4 atom stereocenters. The van der Waals surface area contributed by atoms with Crippen LogP contribution in [0.4, 0.5) is 54.5 Å². The van der Waals surface area contributed by atoms with Gasteiger partial charge in [0.1, 0.15) is 45.3 Å². The highest BCUT2D eigenvalue weighted by atomic mass is 35.5. The summed E-state index contributed by atoms with van der Waals surface area (Å²) in [4.78, 5) is 47.7. The molecule has 0 aliphatic heterocycles. The molecule has 29 heteroatoms. The number of aromatic nitrogens is 5. The molecule has 2 aromatic carbocycles. The molecular formula is C44H45ClF10N7O8PS2. The van der Waals surface area contributed by atoms with Crippen molar-refractivity contribution >= 4 is 71.2 Å². The van der Waals surface area contributed by atoms with Gasteiger partial charge in [0.15, 0.2) is 11.5 Å². The second kappa shape index (κ2) is 23.5. The van der Waals surface area contributed by atoms with Crippen LogP contribution >= 0.6 is 20.2 Å². The Morgan fingerprint density at radius 3 is 2.23 bits per heavy atom. The van der Waals surface area contributed by atoms with Crippen LogP contribution in [0.5, 0.6) is 0 Å². The molecule has 3 aromatic heterocycles. The van der Waals surface area contributed by atoms with E-state index in [1.807, 2.05) is 0 Å². The SMILES string of the molecule is CCn1nc(C(F)(F)F)c2c1C(F)(F)[C@H](C)C2.CS(=O)N(C(=O)OCCCOP(O)O)c1nn(CC(F)(F)F)c2c(-c3ccc(C#CC(C)(C)S(C)=O)nc3C(Cc3cc(F)cc(F)c3)NC=O)ccc(Cl)c12. The highest BCUT2D eigenvalue weighted by molar-refractivity contribution is 7.86. The van der Waals surface area contributed by atoms with Crippen LogP contribution < -0.4 is 9.62 Å². The lowest BCUT2D eigenvalue weighted by molar-refractivity contribution is -0.142. The standard InChI is InChI=1S/C34H34ClF5N5O8PS2.C10H11F5N2/c1-33(2,55(3)50)11-10-23-6-7-24(29(42-23)27(41-19-46)16-20-14-21(36)17-22(37)15-20)25-8-9-26(35)28-30(25)44(18-34(38,39)40)43-31(28)45(56(4)51)32(47)52-12-5-13-53-54(48)49;1-3-17-8-6(4-5(2)9(8,11)12)7(16-17)10(13,14)15/h6-9,14-15,17,19,27,48-49H,5,12-13,16,18H2,1-4H3,(H,41,46);5H,3-4H2,1-2H3/t;5-/m.1/s1. The minimum absolute atomic E-state index is 0.000718. The number of amides is 2. The van der Waals surface area contributed by atoms with Crippen molar-refractivity contribution in [2.24, 2.45) is 5.92 Å². The number of benzene rings is 2.